The highest BCUT2D eigenvalue weighted by atomic mass is 19.1. The van der Waals surface area contributed by atoms with Crippen LogP contribution in [-0.2, 0) is 0 Å². The molecule has 1 saturated carbocycles. The van der Waals surface area contributed by atoms with E-state index in [1.54, 1.807) is 11.4 Å². The molecule has 0 aliphatic heterocycles. The molecule has 162 valence electrons. The lowest BCUT2D eigenvalue weighted by Gasteiger charge is -2.26. The van der Waals surface area contributed by atoms with Crippen LogP contribution in [0, 0.1) is 0 Å². The Morgan fingerprint density at radius 2 is 1.81 bits per heavy atom. The van der Waals surface area contributed by atoms with Crippen molar-refractivity contribution in [3.05, 3.63) is 78.6 Å². The molecular formula is C26H25FN4O. The van der Waals surface area contributed by atoms with Gasteiger partial charge in [-0.25, -0.2) is 8.91 Å². The Bertz CT molecular complexity index is 1300. The molecule has 2 atom stereocenters. The van der Waals surface area contributed by atoms with Gasteiger partial charge in [0.1, 0.15) is 5.67 Å². The van der Waals surface area contributed by atoms with Gasteiger partial charge in [-0.1, -0.05) is 54.6 Å². The zero-order valence-corrected chi connectivity index (χ0v) is 17.9. The van der Waals surface area contributed by atoms with Crippen LogP contribution < -0.4 is 11.1 Å². The molecule has 32 heavy (non-hydrogen) atoms. The largest absolute Gasteiger partial charge is 0.377 e. The minimum atomic E-state index is -1.34. The van der Waals surface area contributed by atoms with Crippen molar-refractivity contribution in [2.75, 3.05) is 5.32 Å². The molecule has 2 unspecified atom stereocenters. The highest BCUT2D eigenvalue weighted by Gasteiger charge is 2.39. The number of benzene rings is 2. The van der Waals surface area contributed by atoms with Gasteiger partial charge in [-0.05, 0) is 48.9 Å². The van der Waals surface area contributed by atoms with E-state index in [1.165, 1.54) is 6.20 Å². The molecule has 1 amide bonds. The Morgan fingerprint density at radius 1 is 1.12 bits per heavy atom. The van der Waals surface area contributed by atoms with E-state index in [2.05, 4.69) is 34.7 Å². The number of primary amides is 1. The van der Waals surface area contributed by atoms with Gasteiger partial charge >= 0.3 is 0 Å². The fourth-order valence-corrected chi connectivity index (χ4v) is 4.67. The first-order chi connectivity index (χ1) is 15.4. The highest BCUT2D eigenvalue weighted by Crippen LogP contribution is 2.38. The maximum Gasteiger partial charge on any atom is 0.252 e. The maximum absolute atomic E-state index is 15.0. The van der Waals surface area contributed by atoms with Crippen LogP contribution in [0.25, 0.3) is 27.8 Å². The third-order valence-corrected chi connectivity index (χ3v) is 6.43. The number of nitrogens with two attached hydrogens (primary N) is 1. The number of rotatable bonds is 5. The first-order valence-electron chi connectivity index (χ1n) is 10.9. The monoisotopic (exact) mass is 428 g/mol. The van der Waals surface area contributed by atoms with Gasteiger partial charge in [0.15, 0.2) is 0 Å². The molecule has 1 aliphatic carbocycles. The molecule has 0 radical (unpaired) electrons. The predicted octanol–water partition coefficient (Wildman–Crippen LogP) is 5.46. The molecule has 1 aliphatic rings. The van der Waals surface area contributed by atoms with Crippen LogP contribution in [0.5, 0.6) is 0 Å². The van der Waals surface area contributed by atoms with Gasteiger partial charge < -0.3 is 11.1 Å². The van der Waals surface area contributed by atoms with E-state index in [9.17, 15) is 4.79 Å². The van der Waals surface area contributed by atoms with Gasteiger partial charge in [-0.2, -0.15) is 5.10 Å². The number of fused-ring (bicyclic) bond motifs is 1. The van der Waals surface area contributed by atoms with Crippen molar-refractivity contribution in [3.8, 4) is 22.3 Å². The second-order valence-electron chi connectivity index (χ2n) is 8.63. The van der Waals surface area contributed by atoms with Crippen molar-refractivity contribution in [2.24, 2.45) is 5.73 Å². The number of nitrogens with one attached hydrogen (secondary N) is 1. The molecule has 1 fully saturated rings. The first kappa shape index (κ1) is 20.2. The smallest absolute Gasteiger partial charge is 0.252 e. The van der Waals surface area contributed by atoms with Crippen LogP contribution in [0.3, 0.4) is 0 Å². The van der Waals surface area contributed by atoms with Gasteiger partial charge in [0, 0.05) is 11.8 Å². The fraction of sp³-hybridized carbons (Fsp3) is 0.231. The van der Waals surface area contributed by atoms with Crippen molar-refractivity contribution < 1.29 is 9.18 Å². The Morgan fingerprint density at radius 3 is 2.47 bits per heavy atom. The zero-order chi connectivity index (χ0) is 22.3. The second kappa shape index (κ2) is 7.79. The van der Waals surface area contributed by atoms with Crippen molar-refractivity contribution in [2.45, 2.75) is 37.9 Å². The average Bonchev–Trinajstić information content (AvgIpc) is 3.37. The maximum atomic E-state index is 15.0. The van der Waals surface area contributed by atoms with Crippen LogP contribution in [-0.4, -0.2) is 27.2 Å². The number of hydrogen-bond donors (Lipinski definition) is 2. The van der Waals surface area contributed by atoms with Crippen LogP contribution in [0.1, 0.15) is 36.5 Å². The summed E-state index contributed by atoms with van der Waals surface area (Å²) in [5, 5.41) is 7.70. The molecule has 5 nitrogen and oxygen atoms in total. The van der Waals surface area contributed by atoms with Gasteiger partial charge in [0.25, 0.3) is 5.91 Å². The standard InChI is InChI=1S/C26H25FN4O/c1-26(27)13-7-12-23(26)30-24-21(25(28)32)15-29-31-16-18(14-22(24)31)20-11-6-5-10-19(20)17-8-3-2-4-9-17/h2-6,8-11,14-16,23,30H,7,12-13H2,1H3,(H2,28,32). The predicted molar refractivity (Wildman–Crippen MR) is 125 cm³/mol. The topological polar surface area (TPSA) is 72.4 Å². The van der Waals surface area contributed by atoms with Crippen molar-refractivity contribution in [3.63, 3.8) is 0 Å². The Hall–Kier alpha value is -3.67. The molecule has 5 rings (SSSR count). The molecule has 3 N–H and O–H groups in total. The Balaban J connectivity index is 1.65. The number of alkyl halides is 1. The van der Waals surface area contributed by atoms with Crippen LogP contribution >= 0.6 is 0 Å². The zero-order valence-electron chi connectivity index (χ0n) is 17.9. The molecule has 2 aromatic heterocycles. The lowest BCUT2D eigenvalue weighted by Crippen LogP contribution is -2.36. The van der Waals surface area contributed by atoms with E-state index in [0.29, 0.717) is 24.0 Å². The first-order valence-corrected chi connectivity index (χ1v) is 10.9. The van der Waals surface area contributed by atoms with E-state index < -0.39 is 11.6 Å². The molecule has 4 aromatic rings. The molecule has 2 heterocycles. The van der Waals surface area contributed by atoms with Crippen molar-refractivity contribution in [1.29, 1.82) is 0 Å². The number of nitrogens with zero attached hydrogens (tertiary/aromatic N) is 2. The summed E-state index contributed by atoms with van der Waals surface area (Å²) in [7, 11) is 0. The molecule has 6 heteroatoms. The minimum absolute atomic E-state index is 0.265. The summed E-state index contributed by atoms with van der Waals surface area (Å²) in [5.41, 5.74) is 10.0. The minimum Gasteiger partial charge on any atom is -0.377 e. The summed E-state index contributed by atoms with van der Waals surface area (Å²) in [6, 6.07) is 19.9. The van der Waals surface area contributed by atoms with E-state index in [1.807, 2.05) is 42.6 Å². The number of amides is 1. The Labute approximate surface area is 186 Å². The molecule has 0 saturated heterocycles. The third kappa shape index (κ3) is 3.51. The number of halogens is 1. The summed E-state index contributed by atoms with van der Waals surface area (Å²) in [6.45, 7) is 1.61. The van der Waals surface area contributed by atoms with Gasteiger partial charge in [-0.3, -0.25) is 4.79 Å². The highest BCUT2D eigenvalue weighted by molar-refractivity contribution is 6.02. The van der Waals surface area contributed by atoms with Gasteiger partial charge in [0.2, 0.25) is 0 Å². The number of aromatic nitrogens is 2. The van der Waals surface area contributed by atoms with E-state index in [0.717, 1.165) is 28.7 Å². The number of hydrogen-bond acceptors (Lipinski definition) is 3. The second-order valence-corrected chi connectivity index (χ2v) is 8.63. The lowest BCUT2D eigenvalue weighted by molar-refractivity contribution is 0.1000. The van der Waals surface area contributed by atoms with Crippen LogP contribution in [0.2, 0.25) is 0 Å². The number of carbonyl (C=O) groups is 1. The summed E-state index contributed by atoms with van der Waals surface area (Å²) >= 11 is 0. The molecule has 0 spiro atoms. The third-order valence-electron chi connectivity index (χ3n) is 6.43. The van der Waals surface area contributed by atoms with Crippen molar-refractivity contribution in [1.82, 2.24) is 9.61 Å². The normalized spacial score (nSPS) is 20.5. The van der Waals surface area contributed by atoms with E-state index >= 15 is 4.39 Å². The average molecular weight is 429 g/mol. The van der Waals surface area contributed by atoms with E-state index in [4.69, 9.17) is 5.73 Å². The lowest BCUT2D eigenvalue weighted by atomic mass is 9.96. The Kier molecular flexibility index (Phi) is 4.93. The van der Waals surface area contributed by atoms with Crippen molar-refractivity contribution >= 4 is 17.1 Å². The quantitative estimate of drug-likeness (QED) is 0.443. The van der Waals surface area contributed by atoms with Crippen LogP contribution in [0.4, 0.5) is 10.1 Å². The molecule has 0 bridgehead atoms. The van der Waals surface area contributed by atoms with Gasteiger partial charge in [0.05, 0.1) is 29.0 Å². The van der Waals surface area contributed by atoms with E-state index in [-0.39, 0.29) is 11.6 Å². The SMILES string of the molecule is CC1(F)CCCC1Nc1c(C(N)=O)cnn2cc(-c3ccccc3-c3ccccc3)cc12. The number of carbonyl (C=O) groups excluding carboxylic acids is 1. The fourth-order valence-electron chi connectivity index (χ4n) is 4.67. The number of anilines is 1. The van der Waals surface area contributed by atoms with Gasteiger partial charge in [-0.15, -0.1) is 0 Å². The summed E-state index contributed by atoms with van der Waals surface area (Å²) < 4.78 is 16.7. The van der Waals surface area contributed by atoms with Crippen LogP contribution in [0.15, 0.2) is 73.1 Å². The summed E-state index contributed by atoms with van der Waals surface area (Å²) in [4.78, 5) is 12.2. The molecular weight excluding hydrogens is 403 g/mol. The summed E-state index contributed by atoms with van der Waals surface area (Å²) in [5.74, 6) is -0.589. The summed E-state index contributed by atoms with van der Waals surface area (Å²) in [6.07, 6.45) is 5.37. The molecule has 2 aromatic carbocycles.